The number of aromatic amines is 1. The third kappa shape index (κ3) is 4.37. The van der Waals surface area contributed by atoms with E-state index in [-0.39, 0.29) is 0 Å². The molecule has 0 unspecified atom stereocenters. The van der Waals surface area contributed by atoms with Crippen LogP contribution >= 0.6 is 12.2 Å². The average Bonchev–Trinajstić information content (AvgIpc) is 2.50. The average molecular weight is 304 g/mol. The number of ether oxygens (including phenoxy) is 2. The highest BCUT2D eigenvalue weighted by molar-refractivity contribution is 7.71. The van der Waals surface area contributed by atoms with Crippen LogP contribution in [0.1, 0.15) is 26.1 Å². The predicted molar refractivity (Wildman–Crippen MR) is 86.0 cm³/mol. The van der Waals surface area contributed by atoms with Gasteiger partial charge in [-0.3, -0.25) is 0 Å². The Labute approximate surface area is 130 Å². The van der Waals surface area contributed by atoms with Gasteiger partial charge in [0.05, 0.1) is 12.3 Å². The van der Waals surface area contributed by atoms with Crippen LogP contribution in [0.5, 0.6) is 5.75 Å². The maximum Gasteiger partial charge on any atom is 0.134 e. The van der Waals surface area contributed by atoms with Gasteiger partial charge in [0.15, 0.2) is 0 Å². The first kappa shape index (κ1) is 15.7. The Morgan fingerprint density at radius 1 is 1.24 bits per heavy atom. The lowest BCUT2D eigenvalue weighted by Gasteiger charge is -2.12. The molecule has 5 heteroatoms. The third-order valence-corrected chi connectivity index (χ3v) is 3.08. The van der Waals surface area contributed by atoms with Crippen molar-refractivity contribution in [2.45, 2.75) is 26.9 Å². The fraction of sp³-hybridized carbons (Fsp3) is 0.375. The minimum absolute atomic E-state index is 0.423. The number of aromatic nitrogens is 2. The SMILES string of the molecule is CCCOc1ccccc1-c1cc(=S)nc(COCC)[nH]1. The van der Waals surface area contributed by atoms with Crippen LogP contribution in [0.2, 0.25) is 0 Å². The first-order valence-corrected chi connectivity index (χ1v) is 7.55. The number of para-hydroxylation sites is 1. The van der Waals surface area contributed by atoms with Crippen molar-refractivity contribution in [2.75, 3.05) is 13.2 Å². The van der Waals surface area contributed by atoms with E-state index in [1.807, 2.05) is 37.3 Å². The molecular formula is C16H20N2O2S. The van der Waals surface area contributed by atoms with Crippen LogP contribution in [-0.4, -0.2) is 23.2 Å². The lowest BCUT2D eigenvalue weighted by Crippen LogP contribution is -2.02. The first-order chi connectivity index (χ1) is 10.2. The van der Waals surface area contributed by atoms with Gasteiger partial charge in [-0.1, -0.05) is 31.3 Å². The maximum absolute atomic E-state index is 5.80. The Bertz CT molecular complexity index is 640. The second kappa shape index (κ2) is 7.90. The summed E-state index contributed by atoms with van der Waals surface area (Å²) in [6.45, 7) is 5.79. The Kier molecular flexibility index (Phi) is 5.90. The van der Waals surface area contributed by atoms with Crippen LogP contribution in [-0.2, 0) is 11.3 Å². The zero-order valence-corrected chi connectivity index (χ0v) is 13.2. The van der Waals surface area contributed by atoms with Gasteiger partial charge in [-0.05, 0) is 31.5 Å². The first-order valence-electron chi connectivity index (χ1n) is 7.14. The Morgan fingerprint density at radius 2 is 2.05 bits per heavy atom. The van der Waals surface area contributed by atoms with Crippen molar-refractivity contribution in [3.63, 3.8) is 0 Å². The second-order valence-electron chi connectivity index (χ2n) is 4.56. The van der Waals surface area contributed by atoms with E-state index >= 15 is 0 Å². The van der Waals surface area contributed by atoms with E-state index in [0.29, 0.717) is 24.5 Å². The molecule has 2 aromatic rings. The van der Waals surface area contributed by atoms with Crippen LogP contribution in [0, 0.1) is 4.64 Å². The number of nitrogens with one attached hydrogen (secondary N) is 1. The van der Waals surface area contributed by atoms with Gasteiger partial charge < -0.3 is 14.5 Å². The zero-order chi connectivity index (χ0) is 15.1. The van der Waals surface area contributed by atoms with E-state index in [9.17, 15) is 0 Å². The van der Waals surface area contributed by atoms with Crippen molar-refractivity contribution in [2.24, 2.45) is 0 Å². The summed E-state index contributed by atoms with van der Waals surface area (Å²) in [6, 6.07) is 9.76. The van der Waals surface area contributed by atoms with Crippen molar-refractivity contribution in [3.05, 3.63) is 40.8 Å². The Hall–Kier alpha value is -1.72. The van der Waals surface area contributed by atoms with Gasteiger partial charge in [-0.2, -0.15) is 0 Å². The number of H-pyrrole nitrogens is 1. The molecule has 0 radical (unpaired) electrons. The van der Waals surface area contributed by atoms with Crippen molar-refractivity contribution in [1.29, 1.82) is 0 Å². The maximum atomic E-state index is 5.80. The molecule has 0 aliphatic heterocycles. The van der Waals surface area contributed by atoms with Crippen LogP contribution in [0.4, 0.5) is 0 Å². The highest BCUT2D eigenvalue weighted by atomic mass is 32.1. The number of rotatable bonds is 7. The molecule has 112 valence electrons. The number of benzene rings is 1. The van der Waals surface area contributed by atoms with Crippen LogP contribution in [0.3, 0.4) is 0 Å². The standard InChI is InChI=1S/C16H20N2O2S/c1-3-9-20-14-8-6-5-7-12(14)13-10-16(21)18-15(17-13)11-19-4-2/h5-8,10H,3-4,9,11H2,1-2H3,(H,17,18,21). The minimum atomic E-state index is 0.423. The largest absolute Gasteiger partial charge is 0.493 e. The lowest BCUT2D eigenvalue weighted by molar-refractivity contribution is 0.128. The minimum Gasteiger partial charge on any atom is -0.493 e. The van der Waals surface area contributed by atoms with E-state index < -0.39 is 0 Å². The fourth-order valence-corrected chi connectivity index (χ4v) is 2.18. The molecule has 1 heterocycles. The molecule has 2 rings (SSSR count). The Morgan fingerprint density at radius 3 is 2.81 bits per heavy atom. The van der Waals surface area contributed by atoms with Gasteiger partial charge in [0.1, 0.15) is 22.8 Å². The van der Waals surface area contributed by atoms with E-state index in [1.165, 1.54) is 0 Å². The topological polar surface area (TPSA) is 47.1 Å². The molecule has 1 aromatic heterocycles. The van der Waals surface area contributed by atoms with Gasteiger partial charge in [-0.15, -0.1) is 0 Å². The molecule has 0 aliphatic carbocycles. The van der Waals surface area contributed by atoms with Gasteiger partial charge in [0, 0.05) is 12.2 Å². The van der Waals surface area contributed by atoms with Gasteiger partial charge in [0.25, 0.3) is 0 Å². The molecule has 0 aliphatic rings. The molecule has 1 N–H and O–H groups in total. The van der Waals surface area contributed by atoms with E-state index in [2.05, 4.69) is 16.9 Å². The predicted octanol–water partition coefficient (Wildman–Crippen LogP) is 4.13. The summed E-state index contributed by atoms with van der Waals surface area (Å²) in [7, 11) is 0. The quantitative estimate of drug-likeness (QED) is 0.781. The second-order valence-corrected chi connectivity index (χ2v) is 4.98. The van der Waals surface area contributed by atoms with Crippen molar-refractivity contribution in [1.82, 2.24) is 9.97 Å². The smallest absolute Gasteiger partial charge is 0.134 e. The monoisotopic (exact) mass is 304 g/mol. The summed E-state index contributed by atoms with van der Waals surface area (Å²) in [5, 5.41) is 0. The normalized spacial score (nSPS) is 10.6. The van der Waals surface area contributed by atoms with Crippen molar-refractivity contribution in [3.8, 4) is 17.0 Å². The van der Waals surface area contributed by atoms with Crippen molar-refractivity contribution < 1.29 is 9.47 Å². The fourth-order valence-electron chi connectivity index (χ4n) is 1.95. The summed E-state index contributed by atoms with van der Waals surface area (Å²) in [5.41, 5.74) is 1.88. The summed E-state index contributed by atoms with van der Waals surface area (Å²) >= 11 is 5.24. The molecular weight excluding hydrogens is 284 g/mol. The molecule has 0 bridgehead atoms. The molecule has 0 amide bonds. The van der Waals surface area contributed by atoms with Crippen LogP contribution < -0.4 is 4.74 Å². The molecule has 0 spiro atoms. The molecule has 0 saturated heterocycles. The van der Waals surface area contributed by atoms with Crippen LogP contribution in [0.15, 0.2) is 30.3 Å². The van der Waals surface area contributed by atoms with Gasteiger partial charge >= 0.3 is 0 Å². The van der Waals surface area contributed by atoms with E-state index in [4.69, 9.17) is 21.7 Å². The van der Waals surface area contributed by atoms with E-state index in [0.717, 1.165) is 29.3 Å². The third-order valence-electron chi connectivity index (χ3n) is 2.87. The zero-order valence-electron chi connectivity index (χ0n) is 12.4. The Balaban J connectivity index is 2.37. The highest BCUT2D eigenvalue weighted by Gasteiger charge is 2.08. The molecule has 0 fully saturated rings. The lowest BCUT2D eigenvalue weighted by atomic mass is 10.1. The summed E-state index contributed by atoms with van der Waals surface area (Å²) in [5.74, 6) is 1.57. The van der Waals surface area contributed by atoms with Crippen LogP contribution in [0.25, 0.3) is 11.3 Å². The summed E-state index contributed by atoms with van der Waals surface area (Å²) < 4.78 is 11.7. The van der Waals surface area contributed by atoms with Gasteiger partial charge in [-0.25, -0.2) is 4.98 Å². The number of nitrogens with zero attached hydrogens (tertiary/aromatic N) is 1. The number of hydrogen-bond acceptors (Lipinski definition) is 4. The van der Waals surface area contributed by atoms with Crippen molar-refractivity contribution >= 4 is 12.2 Å². The molecule has 1 aromatic carbocycles. The molecule has 21 heavy (non-hydrogen) atoms. The van der Waals surface area contributed by atoms with E-state index in [1.54, 1.807) is 0 Å². The number of hydrogen-bond donors (Lipinski definition) is 1. The van der Waals surface area contributed by atoms with Gasteiger partial charge in [0.2, 0.25) is 0 Å². The molecule has 4 nitrogen and oxygen atoms in total. The molecule has 0 saturated carbocycles. The summed E-state index contributed by atoms with van der Waals surface area (Å²) in [4.78, 5) is 7.55. The highest BCUT2D eigenvalue weighted by Crippen LogP contribution is 2.28. The molecule has 0 atom stereocenters. The summed E-state index contributed by atoms with van der Waals surface area (Å²) in [6.07, 6.45) is 0.969.